The monoisotopic (exact) mass is 346 g/mol. The van der Waals surface area contributed by atoms with Gasteiger partial charge in [-0.15, -0.1) is 0 Å². The minimum absolute atomic E-state index is 0.0501. The predicted molar refractivity (Wildman–Crippen MR) is 83.5 cm³/mol. The topological polar surface area (TPSA) is 84.0 Å². The molecule has 0 unspecified atom stereocenters. The van der Waals surface area contributed by atoms with Crippen molar-refractivity contribution in [3.63, 3.8) is 0 Å². The highest BCUT2D eigenvalue weighted by molar-refractivity contribution is 7.92. The quantitative estimate of drug-likeness (QED) is 0.869. The Balaban J connectivity index is 2.27. The van der Waals surface area contributed by atoms with Crippen molar-refractivity contribution in [1.82, 2.24) is 9.97 Å². The van der Waals surface area contributed by atoms with Gasteiger partial charge in [-0.2, -0.15) is 0 Å². The van der Waals surface area contributed by atoms with Crippen LogP contribution in [0.2, 0.25) is 10.0 Å². The Morgan fingerprint density at radius 3 is 2.52 bits per heavy atom. The smallest absolute Gasteiger partial charge is 0.264 e. The lowest BCUT2D eigenvalue weighted by Crippen LogP contribution is -2.14. The van der Waals surface area contributed by atoms with E-state index in [9.17, 15) is 8.42 Å². The van der Waals surface area contributed by atoms with Gasteiger partial charge in [0.05, 0.1) is 10.0 Å². The Morgan fingerprint density at radius 1 is 1.19 bits per heavy atom. The van der Waals surface area contributed by atoms with Crippen LogP contribution in [0.15, 0.2) is 35.5 Å². The molecule has 0 fully saturated rings. The fraction of sp³-hybridized carbons (Fsp3) is 0.167. The summed E-state index contributed by atoms with van der Waals surface area (Å²) in [5.74, 6) is 0.592. The average Bonchev–Trinajstić information content (AvgIpc) is 2.43. The van der Waals surface area contributed by atoms with E-state index in [0.29, 0.717) is 17.4 Å². The first kappa shape index (κ1) is 15.8. The largest absolute Gasteiger partial charge is 0.369 e. The second-order valence-corrected chi connectivity index (χ2v) is 6.52. The van der Waals surface area contributed by atoms with Crippen molar-refractivity contribution in [2.24, 2.45) is 0 Å². The molecule has 0 aliphatic rings. The normalized spacial score (nSPS) is 11.2. The molecule has 0 aliphatic heterocycles. The zero-order valence-electron chi connectivity index (χ0n) is 11.0. The zero-order chi connectivity index (χ0) is 15.5. The van der Waals surface area contributed by atoms with Crippen LogP contribution in [-0.4, -0.2) is 24.9 Å². The van der Waals surface area contributed by atoms with Gasteiger partial charge >= 0.3 is 0 Å². The van der Waals surface area contributed by atoms with Crippen LogP contribution in [0.3, 0.4) is 0 Å². The minimum Gasteiger partial charge on any atom is -0.369 e. The van der Waals surface area contributed by atoms with Crippen molar-refractivity contribution in [2.75, 3.05) is 16.6 Å². The van der Waals surface area contributed by atoms with Gasteiger partial charge in [0.15, 0.2) is 0 Å². The molecule has 0 amide bonds. The molecule has 2 aromatic heterocycles. The van der Waals surface area contributed by atoms with Crippen molar-refractivity contribution in [3.05, 3.63) is 40.6 Å². The summed E-state index contributed by atoms with van der Waals surface area (Å²) in [6, 6.07) is 4.32. The van der Waals surface area contributed by atoms with Crippen LogP contribution in [0.25, 0.3) is 0 Å². The first-order chi connectivity index (χ1) is 9.92. The third-order valence-electron chi connectivity index (χ3n) is 2.44. The van der Waals surface area contributed by atoms with Crippen molar-refractivity contribution in [2.45, 2.75) is 11.8 Å². The Kier molecular flexibility index (Phi) is 4.87. The summed E-state index contributed by atoms with van der Waals surface area (Å²) in [6.07, 6.45) is 2.57. The molecule has 0 atom stereocenters. The highest BCUT2D eigenvalue weighted by atomic mass is 35.5. The molecule has 0 aliphatic carbocycles. The van der Waals surface area contributed by atoms with Gasteiger partial charge in [0.25, 0.3) is 10.0 Å². The summed E-state index contributed by atoms with van der Waals surface area (Å²) in [5, 5.41) is 3.57. The SMILES string of the molecule is CCNc1ncc(S(=O)(=O)Nc2ccc(Cl)cn2)cc1Cl. The van der Waals surface area contributed by atoms with E-state index in [1.54, 1.807) is 0 Å². The van der Waals surface area contributed by atoms with E-state index in [-0.39, 0.29) is 15.7 Å². The molecular weight excluding hydrogens is 335 g/mol. The molecule has 2 rings (SSSR count). The molecular formula is C12H12Cl2N4O2S. The summed E-state index contributed by atoms with van der Waals surface area (Å²) >= 11 is 11.7. The predicted octanol–water partition coefficient (Wildman–Crippen LogP) is 3.02. The van der Waals surface area contributed by atoms with Gasteiger partial charge in [-0.3, -0.25) is 4.72 Å². The molecule has 0 saturated heterocycles. The van der Waals surface area contributed by atoms with Gasteiger partial charge in [-0.1, -0.05) is 23.2 Å². The highest BCUT2D eigenvalue weighted by Gasteiger charge is 2.17. The Hall–Kier alpha value is -1.57. The number of sulfonamides is 1. The maximum Gasteiger partial charge on any atom is 0.264 e. The van der Waals surface area contributed by atoms with Gasteiger partial charge in [0.2, 0.25) is 0 Å². The van der Waals surface area contributed by atoms with Gasteiger partial charge in [0.1, 0.15) is 16.5 Å². The number of pyridine rings is 2. The molecule has 0 spiro atoms. The lowest BCUT2D eigenvalue weighted by molar-refractivity contribution is 0.600. The van der Waals surface area contributed by atoms with Crippen LogP contribution in [0, 0.1) is 0 Å². The Bertz CT molecular complexity index is 735. The van der Waals surface area contributed by atoms with E-state index in [0.717, 1.165) is 0 Å². The first-order valence-corrected chi connectivity index (χ1v) is 8.20. The summed E-state index contributed by atoms with van der Waals surface area (Å²) < 4.78 is 26.7. The van der Waals surface area contributed by atoms with Gasteiger partial charge in [0, 0.05) is 18.9 Å². The molecule has 0 aromatic carbocycles. The third kappa shape index (κ3) is 3.96. The molecule has 112 valence electrons. The maximum atomic E-state index is 12.2. The van der Waals surface area contributed by atoms with Gasteiger partial charge in [-0.05, 0) is 25.1 Å². The summed E-state index contributed by atoms with van der Waals surface area (Å²) in [4.78, 5) is 7.81. The highest BCUT2D eigenvalue weighted by Crippen LogP contribution is 2.23. The number of halogens is 2. The van der Waals surface area contributed by atoms with E-state index in [1.807, 2.05) is 6.92 Å². The standard InChI is InChI=1S/C12H12Cl2N4O2S/c1-2-15-12-10(14)5-9(7-17-12)21(19,20)18-11-4-3-8(13)6-16-11/h3-7H,2H2,1H3,(H,15,17)(H,16,18). The summed E-state index contributed by atoms with van der Waals surface area (Å²) in [6.45, 7) is 2.52. The second-order valence-electron chi connectivity index (χ2n) is 4.00. The van der Waals surface area contributed by atoms with Crippen LogP contribution < -0.4 is 10.0 Å². The average molecular weight is 347 g/mol. The van der Waals surface area contributed by atoms with Gasteiger partial charge < -0.3 is 5.32 Å². The molecule has 0 saturated carbocycles. The van der Waals surface area contributed by atoms with E-state index >= 15 is 0 Å². The summed E-state index contributed by atoms with van der Waals surface area (Å²) in [7, 11) is -3.81. The lowest BCUT2D eigenvalue weighted by atomic mass is 10.4. The van der Waals surface area contributed by atoms with Crippen molar-refractivity contribution >= 4 is 44.9 Å². The van der Waals surface area contributed by atoms with Crippen LogP contribution in [0.4, 0.5) is 11.6 Å². The zero-order valence-corrected chi connectivity index (χ0v) is 13.3. The second kappa shape index (κ2) is 6.46. The molecule has 2 aromatic rings. The number of rotatable bonds is 5. The molecule has 21 heavy (non-hydrogen) atoms. The van der Waals surface area contributed by atoms with Crippen molar-refractivity contribution in [3.8, 4) is 0 Å². The van der Waals surface area contributed by atoms with Gasteiger partial charge in [-0.25, -0.2) is 18.4 Å². The summed E-state index contributed by atoms with van der Waals surface area (Å²) in [5.41, 5.74) is 0. The third-order valence-corrected chi connectivity index (χ3v) is 4.27. The Morgan fingerprint density at radius 2 is 1.95 bits per heavy atom. The van der Waals surface area contributed by atoms with Crippen LogP contribution in [-0.2, 0) is 10.0 Å². The fourth-order valence-electron chi connectivity index (χ4n) is 1.50. The number of hydrogen-bond acceptors (Lipinski definition) is 5. The van der Waals surface area contributed by atoms with Crippen molar-refractivity contribution in [1.29, 1.82) is 0 Å². The maximum absolute atomic E-state index is 12.2. The number of aromatic nitrogens is 2. The fourth-order valence-corrected chi connectivity index (χ4v) is 2.89. The lowest BCUT2D eigenvalue weighted by Gasteiger charge is -2.09. The number of nitrogens with one attached hydrogen (secondary N) is 2. The van der Waals surface area contributed by atoms with Crippen LogP contribution in [0.5, 0.6) is 0 Å². The molecule has 2 N–H and O–H groups in total. The minimum atomic E-state index is -3.81. The molecule has 9 heteroatoms. The van der Waals surface area contributed by atoms with E-state index in [4.69, 9.17) is 23.2 Å². The first-order valence-electron chi connectivity index (χ1n) is 5.96. The number of nitrogens with zero attached hydrogens (tertiary/aromatic N) is 2. The van der Waals surface area contributed by atoms with E-state index in [1.165, 1.54) is 30.6 Å². The number of hydrogen-bond donors (Lipinski definition) is 2. The van der Waals surface area contributed by atoms with Crippen LogP contribution in [0.1, 0.15) is 6.92 Å². The molecule has 6 nitrogen and oxygen atoms in total. The van der Waals surface area contributed by atoms with Crippen LogP contribution >= 0.6 is 23.2 Å². The molecule has 0 radical (unpaired) electrons. The molecule has 2 heterocycles. The number of anilines is 2. The molecule has 0 bridgehead atoms. The van der Waals surface area contributed by atoms with E-state index in [2.05, 4.69) is 20.0 Å². The Labute approximate surface area is 132 Å². The van der Waals surface area contributed by atoms with Crippen molar-refractivity contribution < 1.29 is 8.42 Å². The van der Waals surface area contributed by atoms with E-state index < -0.39 is 10.0 Å².